The smallest absolute Gasteiger partial charge is 0.261 e. The molecule has 0 bridgehead atoms. The van der Waals surface area contributed by atoms with E-state index in [0.29, 0.717) is 30.3 Å². The highest BCUT2D eigenvalue weighted by Crippen LogP contribution is 2.39. The summed E-state index contributed by atoms with van der Waals surface area (Å²) in [6, 6.07) is 22.7. The molecule has 0 aromatic heterocycles. The third-order valence-electron chi connectivity index (χ3n) is 8.68. The van der Waals surface area contributed by atoms with Crippen LogP contribution in [0.1, 0.15) is 82.3 Å². The third-order valence-corrected chi connectivity index (χ3v) is 10.1. The molecule has 3 N–H and O–H groups in total. The number of amides is 1. The Bertz CT molecular complexity index is 1730. The van der Waals surface area contributed by atoms with Crippen molar-refractivity contribution in [2.24, 2.45) is 0 Å². The number of rotatable bonds is 13. The third kappa shape index (κ3) is 7.18. The first-order valence-electron chi connectivity index (χ1n) is 15.2. The molecule has 0 atom stereocenters. The van der Waals surface area contributed by atoms with Gasteiger partial charge in [0.15, 0.2) is 0 Å². The second-order valence-corrected chi connectivity index (χ2v) is 14.1. The molecule has 8 heteroatoms. The number of anilines is 1. The number of carbonyl (C=O) groups is 1. The van der Waals surface area contributed by atoms with E-state index in [-0.39, 0.29) is 32.7 Å². The summed E-state index contributed by atoms with van der Waals surface area (Å²) in [5.74, 6) is 0.132. The Hall–Kier alpha value is -4.04. The minimum atomic E-state index is -3.92. The van der Waals surface area contributed by atoms with Crippen LogP contribution >= 0.6 is 0 Å². The highest BCUT2D eigenvalue weighted by Gasteiger charge is 2.27. The van der Waals surface area contributed by atoms with Gasteiger partial charge in [-0.1, -0.05) is 96.1 Å². The van der Waals surface area contributed by atoms with Gasteiger partial charge in [-0.3, -0.25) is 9.52 Å². The Morgan fingerprint density at radius 3 is 2.14 bits per heavy atom. The molecule has 0 unspecified atom stereocenters. The summed E-state index contributed by atoms with van der Waals surface area (Å²) in [6.45, 7) is 14.0. The van der Waals surface area contributed by atoms with Crippen molar-refractivity contribution in [3.8, 4) is 11.5 Å². The lowest BCUT2D eigenvalue weighted by molar-refractivity contribution is 0.0949. The number of phenolic OH excluding ortho intramolecular Hbond substituents is 1. The number of sulfonamides is 1. The molecule has 0 spiro atoms. The van der Waals surface area contributed by atoms with E-state index in [1.165, 1.54) is 29.3 Å². The van der Waals surface area contributed by atoms with Crippen LogP contribution in [0.25, 0.3) is 10.8 Å². The fourth-order valence-corrected chi connectivity index (χ4v) is 6.06. The fraction of sp³-hybridized carbons (Fsp3) is 0.361. The molecule has 0 heterocycles. The van der Waals surface area contributed by atoms with Crippen LogP contribution < -0.4 is 14.8 Å². The summed E-state index contributed by atoms with van der Waals surface area (Å²) in [5.41, 5.74) is 2.66. The molecule has 0 saturated carbocycles. The highest BCUT2D eigenvalue weighted by molar-refractivity contribution is 7.92. The number of carbonyl (C=O) groups excluding carboxylic acids is 1. The Morgan fingerprint density at radius 2 is 1.48 bits per heavy atom. The maximum absolute atomic E-state index is 13.2. The molecule has 44 heavy (non-hydrogen) atoms. The molecule has 4 aromatic carbocycles. The molecular formula is C36H44N2O5S. The van der Waals surface area contributed by atoms with Crippen LogP contribution in [-0.2, 0) is 20.9 Å². The van der Waals surface area contributed by atoms with Gasteiger partial charge in [-0.25, -0.2) is 8.42 Å². The van der Waals surface area contributed by atoms with Gasteiger partial charge in [-0.05, 0) is 59.9 Å². The van der Waals surface area contributed by atoms with Gasteiger partial charge in [0.05, 0.1) is 22.8 Å². The van der Waals surface area contributed by atoms with Crippen molar-refractivity contribution >= 4 is 32.4 Å². The van der Waals surface area contributed by atoms with E-state index < -0.39 is 15.9 Å². The number of hydrogen-bond acceptors (Lipinski definition) is 5. The zero-order chi connectivity index (χ0) is 32.1. The summed E-state index contributed by atoms with van der Waals surface area (Å²) in [5, 5.41) is 14.7. The van der Waals surface area contributed by atoms with Crippen molar-refractivity contribution in [1.82, 2.24) is 5.32 Å². The molecule has 7 nitrogen and oxygen atoms in total. The zero-order valence-electron chi connectivity index (χ0n) is 26.5. The van der Waals surface area contributed by atoms with E-state index in [1.54, 1.807) is 42.5 Å². The summed E-state index contributed by atoms with van der Waals surface area (Å²) in [7, 11) is -3.92. The number of aromatic hydroxyl groups is 1. The van der Waals surface area contributed by atoms with Crippen LogP contribution in [0.5, 0.6) is 11.5 Å². The Morgan fingerprint density at radius 1 is 0.841 bits per heavy atom. The average Bonchev–Trinajstić information content (AvgIpc) is 3.02. The molecular weight excluding hydrogens is 572 g/mol. The second kappa shape index (κ2) is 13.3. The molecule has 4 rings (SSSR count). The van der Waals surface area contributed by atoms with Crippen molar-refractivity contribution < 1.29 is 23.1 Å². The second-order valence-electron chi connectivity index (χ2n) is 12.4. The number of fused-ring (bicyclic) bond motifs is 1. The van der Waals surface area contributed by atoms with Gasteiger partial charge in [-0.2, -0.15) is 0 Å². The van der Waals surface area contributed by atoms with Crippen molar-refractivity contribution in [2.45, 2.75) is 76.5 Å². The molecule has 0 fully saturated rings. The molecule has 0 aliphatic rings. The first-order chi connectivity index (χ1) is 20.8. The molecule has 1 amide bonds. The van der Waals surface area contributed by atoms with Crippen molar-refractivity contribution in [3.05, 3.63) is 95.6 Å². The minimum Gasteiger partial charge on any atom is -0.506 e. The summed E-state index contributed by atoms with van der Waals surface area (Å²) in [4.78, 5) is 13.3. The first-order valence-corrected chi connectivity index (χ1v) is 16.7. The van der Waals surface area contributed by atoms with Gasteiger partial charge in [-0.15, -0.1) is 0 Å². The van der Waals surface area contributed by atoms with Crippen LogP contribution in [0, 0.1) is 0 Å². The lowest BCUT2D eigenvalue weighted by Crippen LogP contribution is -2.26. The number of benzene rings is 4. The van der Waals surface area contributed by atoms with E-state index in [0.717, 1.165) is 18.6 Å². The van der Waals surface area contributed by atoms with Crippen LogP contribution in [0.15, 0.2) is 83.8 Å². The van der Waals surface area contributed by atoms with E-state index in [1.807, 2.05) is 0 Å². The van der Waals surface area contributed by atoms with Gasteiger partial charge >= 0.3 is 0 Å². The van der Waals surface area contributed by atoms with E-state index in [9.17, 15) is 18.3 Å². The molecule has 0 radical (unpaired) electrons. The molecule has 234 valence electrons. The lowest BCUT2D eigenvalue weighted by atomic mass is 9.76. The van der Waals surface area contributed by atoms with Crippen molar-refractivity contribution in [1.29, 1.82) is 0 Å². The maximum atomic E-state index is 13.2. The fourth-order valence-electron chi connectivity index (χ4n) is 4.97. The number of phenols is 1. The summed E-state index contributed by atoms with van der Waals surface area (Å²) >= 11 is 0. The van der Waals surface area contributed by atoms with Gasteiger partial charge in [0.25, 0.3) is 15.9 Å². The molecule has 0 saturated heterocycles. The maximum Gasteiger partial charge on any atom is 0.261 e. The minimum absolute atomic E-state index is 0.0171. The molecule has 0 aliphatic carbocycles. The summed E-state index contributed by atoms with van der Waals surface area (Å²) in [6.07, 6.45) is 2.54. The van der Waals surface area contributed by atoms with E-state index in [4.69, 9.17) is 4.74 Å². The normalized spacial score (nSPS) is 12.2. The highest BCUT2D eigenvalue weighted by atomic mass is 32.2. The van der Waals surface area contributed by atoms with Crippen LogP contribution in [0.4, 0.5) is 5.69 Å². The quantitative estimate of drug-likeness (QED) is 0.105. The first kappa shape index (κ1) is 32.9. The number of ether oxygens (including phenoxy) is 1. The van der Waals surface area contributed by atoms with Crippen LogP contribution in [0.3, 0.4) is 0 Å². The largest absolute Gasteiger partial charge is 0.506 e. The molecule has 4 aromatic rings. The van der Waals surface area contributed by atoms with Crippen LogP contribution in [0.2, 0.25) is 0 Å². The van der Waals surface area contributed by atoms with Crippen molar-refractivity contribution in [2.75, 3.05) is 17.9 Å². The van der Waals surface area contributed by atoms with Crippen molar-refractivity contribution in [3.63, 3.8) is 0 Å². The Kier molecular flexibility index (Phi) is 9.94. The Labute approximate surface area is 261 Å². The average molecular weight is 617 g/mol. The van der Waals surface area contributed by atoms with Gasteiger partial charge in [0, 0.05) is 22.9 Å². The Balaban J connectivity index is 1.47. The standard InChI is InChI=1S/C36H44N2O5S/c1-7-35(3,4)25-19-20-32(30(23-25)36(5,6)8-2)43-22-14-21-37-34(40)29-24-31(27-17-12-13-18-28(27)33(29)39)38-44(41,42)26-15-10-9-11-16-26/h9-13,15-20,23-24,38-39H,7-8,14,21-22H2,1-6H3,(H,37,40). The van der Waals surface area contributed by atoms with Crippen LogP contribution in [-0.4, -0.2) is 32.6 Å². The lowest BCUT2D eigenvalue weighted by Gasteiger charge is -2.30. The van der Waals surface area contributed by atoms with E-state index in [2.05, 4.69) is 69.8 Å². The zero-order valence-corrected chi connectivity index (χ0v) is 27.3. The monoisotopic (exact) mass is 616 g/mol. The predicted molar refractivity (Wildman–Crippen MR) is 178 cm³/mol. The summed E-state index contributed by atoms with van der Waals surface area (Å²) < 4.78 is 35.0. The predicted octanol–water partition coefficient (Wildman–Crippen LogP) is 7.92. The number of nitrogens with one attached hydrogen (secondary N) is 2. The SMILES string of the molecule is CCC(C)(C)c1ccc(OCCCNC(=O)c2cc(NS(=O)(=O)c3ccccc3)c3ccccc3c2O)c(C(C)(C)CC)c1. The van der Waals surface area contributed by atoms with Gasteiger partial charge in [0.2, 0.25) is 0 Å². The van der Waals surface area contributed by atoms with E-state index >= 15 is 0 Å². The van der Waals surface area contributed by atoms with Gasteiger partial charge in [0.1, 0.15) is 11.5 Å². The number of hydrogen-bond donors (Lipinski definition) is 3. The molecule has 0 aliphatic heterocycles. The topological polar surface area (TPSA) is 105 Å². The van der Waals surface area contributed by atoms with Gasteiger partial charge < -0.3 is 15.2 Å².